The van der Waals surface area contributed by atoms with Gasteiger partial charge in [0.25, 0.3) is 5.91 Å². The Morgan fingerprint density at radius 3 is 2.73 bits per heavy atom. The van der Waals surface area contributed by atoms with Gasteiger partial charge in [-0.15, -0.1) is 0 Å². The standard InChI is InChI=1S/C16H14ClN3O2/c1-2-19-15-13(8-11(17)9-18-15)14(16(19)22)20(10-21)12-6-4-3-5-7-12/h3-10,14H,2H2,1H3. The zero-order valence-electron chi connectivity index (χ0n) is 11.9. The van der Waals surface area contributed by atoms with E-state index in [0.717, 1.165) is 0 Å². The lowest BCUT2D eigenvalue weighted by Crippen LogP contribution is -2.37. The first-order chi connectivity index (χ1) is 10.7. The Bertz CT molecular complexity index is 721. The molecule has 1 aliphatic rings. The lowest BCUT2D eigenvalue weighted by molar-refractivity contribution is -0.121. The minimum atomic E-state index is -0.735. The molecule has 2 amide bonds. The second kappa shape index (κ2) is 5.77. The monoisotopic (exact) mass is 315 g/mol. The van der Waals surface area contributed by atoms with E-state index < -0.39 is 6.04 Å². The second-order valence-corrected chi connectivity index (χ2v) is 5.34. The molecule has 0 radical (unpaired) electrons. The van der Waals surface area contributed by atoms with Gasteiger partial charge in [0.2, 0.25) is 6.41 Å². The van der Waals surface area contributed by atoms with Gasteiger partial charge in [0.15, 0.2) is 0 Å². The van der Waals surface area contributed by atoms with Crippen LogP contribution in [0.25, 0.3) is 0 Å². The van der Waals surface area contributed by atoms with E-state index in [0.29, 0.717) is 35.0 Å². The predicted molar refractivity (Wildman–Crippen MR) is 85.0 cm³/mol. The Balaban J connectivity index is 2.12. The van der Waals surface area contributed by atoms with E-state index in [9.17, 15) is 9.59 Å². The molecule has 2 heterocycles. The molecule has 3 rings (SSSR count). The highest BCUT2D eigenvalue weighted by atomic mass is 35.5. The number of hydrogen-bond acceptors (Lipinski definition) is 3. The summed E-state index contributed by atoms with van der Waals surface area (Å²) in [6, 6.07) is 10.0. The van der Waals surface area contributed by atoms with Crippen LogP contribution < -0.4 is 9.80 Å². The summed E-state index contributed by atoms with van der Waals surface area (Å²) in [6.45, 7) is 2.35. The first-order valence-electron chi connectivity index (χ1n) is 6.93. The molecule has 1 aliphatic heterocycles. The highest BCUT2D eigenvalue weighted by molar-refractivity contribution is 6.30. The van der Waals surface area contributed by atoms with Gasteiger partial charge in [-0.05, 0) is 25.1 Å². The molecule has 0 N–H and O–H groups in total. The molecule has 6 heteroatoms. The van der Waals surface area contributed by atoms with Crippen molar-refractivity contribution in [3.8, 4) is 0 Å². The lowest BCUT2D eigenvalue weighted by atomic mass is 10.1. The first kappa shape index (κ1) is 14.5. The molecule has 2 aromatic rings. The Morgan fingerprint density at radius 2 is 2.09 bits per heavy atom. The van der Waals surface area contributed by atoms with E-state index in [4.69, 9.17) is 11.6 Å². The van der Waals surface area contributed by atoms with Crippen LogP contribution in [-0.4, -0.2) is 23.8 Å². The average molecular weight is 316 g/mol. The molecule has 22 heavy (non-hydrogen) atoms. The number of likely N-dealkylation sites (N-methyl/N-ethyl adjacent to an activating group) is 1. The zero-order valence-corrected chi connectivity index (χ0v) is 12.7. The first-order valence-corrected chi connectivity index (χ1v) is 7.30. The number of fused-ring (bicyclic) bond motifs is 1. The van der Waals surface area contributed by atoms with Crippen LogP contribution in [0.4, 0.5) is 11.5 Å². The van der Waals surface area contributed by atoms with Crippen molar-refractivity contribution in [3.63, 3.8) is 0 Å². The average Bonchev–Trinajstić information content (AvgIpc) is 2.81. The molecule has 1 aromatic carbocycles. The van der Waals surface area contributed by atoms with Gasteiger partial charge >= 0.3 is 0 Å². The topological polar surface area (TPSA) is 53.5 Å². The zero-order chi connectivity index (χ0) is 15.7. The predicted octanol–water partition coefficient (Wildman–Crippen LogP) is 2.81. The molecule has 1 unspecified atom stereocenters. The summed E-state index contributed by atoms with van der Waals surface area (Å²) in [6.07, 6.45) is 2.17. The SMILES string of the molecule is CCN1C(=O)C(N(C=O)c2ccccc2)c2cc(Cl)cnc21. The number of pyridine rings is 1. The van der Waals surface area contributed by atoms with Crippen LogP contribution in [-0.2, 0) is 9.59 Å². The number of carbonyl (C=O) groups is 2. The van der Waals surface area contributed by atoms with E-state index in [2.05, 4.69) is 4.98 Å². The molecule has 1 atom stereocenters. The minimum Gasteiger partial charge on any atom is -0.298 e. The smallest absolute Gasteiger partial charge is 0.256 e. The largest absolute Gasteiger partial charge is 0.298 e. The highest BCUT2D eigenvalue weighted by Gasteiger charge is 2.41. The van der Waals surface area contributed by atoms with Gasteiger partial charge in [-0.2, -0.15) is 0 Å². The van der Waals surface area contributed by atoms with Crippen molar-refractivity contribution in [2.75, 3.05) is 16.3 Å². The molecule has 0 aliphatic carbocycles. The van der Waals surface area contributed by atoms with Gasteiger partial charge in [-0.25, -0.2) is 4.98 Å². The van der Waals surface area contributed by atoms with E-state index in [1.807, 2.05) is 25.1 Å². The third-order valence-corrected chi connectivity index (χ3v) is 3.88. The van der Waals surface area contributed by atoms with Gasteiger partial charge in [-0.1, -0.05) is 29.8 Å². The number of para-hydroxylation sites is 1. The van der Waals surface area contributed by atoms with E-state index >= 15 is 0 Å². The number of carbonyl (C=O) groups excluding carboxylic acids is 2. The van der Waals surface area contributed by atoms with E-state index in [-0.39, 0.29) is 5.91 Å². The summed E-state index contributed by atoms with van der Waals surface area (Å²) < 4.78 is 0. The summed E-state index contributed by atoms with van der Waals surface area (Å²) in [5.41, 5.74) is 1.30. The molecule has 0 spiro atoms. The minimum absolute atomic E-state index is 0.178. The molecule has 0 saturated heterocycles. The van der Waals surface area contributed by atoms with Crippen molar-refractivity contribution < 1.29 is 9.59 Å². The summed E-state index contributed by atoms with van der Waals surface area (Å²) in [7, 11) is 0. The lowest BCUT2D eigenvalue weighted by Gasteiger charge is -2.24. The van der Waals surface area contributed by atoms with Crippen molar-refractivity contribution in [3.05, 3.63) is 53.2 Å². The third kappa shape index (κ3) is 2.23. The van der Waals surface area contributed by atoms with E-state index in [1.54, 1.807) is 23.1 Å². The molecular weight excluding hydrogens is 302 g/mol. The fraction of sp³-hybridized carbons (Fsp3) is 0.188. The van der Waals surface area contributed by atoms with Crippen LogP contribution in [0.5, 0.6) is 0 Å². The van der Waals surface area contributed by atoms with Crippen molar-refractivity contribution in [1.82, 2.24) is 4.98 Å². The van der Waals surface area contributed by atoms with Gasteiger partial charge in [0.05, 0.1) is 5.02 Å². The summed E-state index contributed by atoms with van der Waals surface area (Å²) in [5.74, 6) is 0.382. The quantitative estimate of drug-likeness (QED) is 0.815. The van der Waals surface area contributed by atoms with Gasteiger partial charge in [-0.3, -0.25) is 19.4 Å². The van der Waals surface area contributed by atoms with Gasteiger partial charge in [0, 0.05) is 24.0 Å². The van der Waals surface area contributed by atoms with Gasteiger partial charge in [0.1, 0.15) is 11.9 Å². The van der Waals surface area contributed by atoms with Crippen LogP contribution in [0, 0.1) is 0 Å². The fourth-order valence-corrected chi connectivity index (χ4v) is 2.87. The highest BCUT2D eigenvalue weighted by Crippen LogP contribution is 2.40. The Kier molecular flexibility index (Phi) is 3.81. The second-order valence-electron chi connectivity index (χ2n) is 4.90. The maximum absolute atomic E-state index is 12.7. The van der Waals surface area contributed by atoms with Crippen LogP contribution in [0.2, 0.25) is 5.02 Å². The summed E-state index contributed by atoms with van der Waals surface area (Å²) in [4.78, 5) is 31.6. The maximum Gasteiger partial charge on any atom is 0.256 e. The number of amides is 2. The molecule has 5 nitrogen and oxygen atoms in total. The van der Waals surface area contributed by atoms with Crippen molar-refractivity contribution in [2.24, 2.45) is 0 Å². The third-order valence-electron chi connectivity index (χ3n) is 3.67. The number of hydrogen-bond donors (Lipinski definition) is 0. The van der Waals surface area contributed by atoms with Crippen LogP contribution >= 0.6 is 11.6 Å². The molecule has 0 saturated carbocycles. The van der Waals surface area contributed by atoms with Crippen molar-refractivity contribution in [2.45, 2.75) is 13.0 Å². The molecule has 112 valence electrons. The maximum atomic E-state index is 12.7. The number of aromatic nitrogens is 1. The van der Waals surface area contributed by atoms with Crippen LogP contribution in [0.1, 0.15) is 18.5 Å². The number of benzene rings is 1. The van der Waals surface area contributed by atoms with Gasteiger partial charge < -0.3 is 0 Å². The summed E-state index contributed by atoms with van der Waals surface area (Å²) >= 11 is 6.02. The number of halogens is 1. The fourth-order valence-electron chi connectivity index (χ4n) is 2.70. The molecule has 1 aromatic heterocycles. The normalized spacial score (nSPS) is 16.5. The van der Waals surface area contributed by atoms with Crippen molar-refractivity contribution in [1.29, 1.82) is 0 Å². The number of nitrogens with zero attached hydrogens (tertiary/aromatic N) is 3. The van der Waals surface area contributed by atoms with Crippen LogP contribution in [0.15, 0.2) is 42.6 Å². The van der Waals surface area contributed by atoms with Crippen molar-refractivity contribution >= 4 is 35.4 Å². The molecule has 0 bridgehead atoms. The Labute approximate surface area is 133 Å². The Hall–Kier alpha value is -2.40. The Morgan fingerprint density at radius 1 is 1.36 bits per heavy atom. The molecular formula is C16H14ClN3O2. The number of anilines is 2. The molecule has 0 fully saturated rings. The summed E-state index contributed by atoms with van der Waals surface area (Å²) in [5, 5.41) is 0.438. The van der Waals surface area contributed by atoms with E-state index in [1.165, 1.54) is 11.1 Å². The van der Waals surface area contributed by atoms with Crippen LogP contribution in [0.3, 0.4) is 0 Å². The number of rotatable bonds is 4.